The highest BCUT2D eigenvalue weighted by Crippen LogP contribution is 2.57. The highest BCUT2D eigenvalue weighted by Gasteiger charge is 2.50. The molecule has 0 aromatic carbocycles. The summed E-state index contributed by atoms with van der Waals surface area (Å²) in [4.78, 5) is 0. The monoisotopic (exact) mass is 263 g/mol. The molecular formula is C18H33N. The van der Waals surface area contributed by atoms with Crippen LogP contribution in [0, 0.1) is 29.1 Å². The summed E-state index contributed by atoms with van der Waals surface area (Å²) in [6.07, 6.45) is 12.6. The molecule has 0 saturated heterocycles. The highest BCUT2D eigenvalue weighted by molar-refractivity contribution is 5.02. The normalized spacial score (nSPS) is 49.3. The van der Waals surface area contributed by atoms with Crippen LogP contribution in [0.2, 0.25) is 0 Å². The first-order valence-electron chi connectivity index (χ1n) is 8.74. The fraction of sp³-hybridized carbons (Fsp3) is 1.00. The van der Waals surface area contributed by atoms with Gasteiger partial charge in [-0.05, 0) is 80.5 Å². The Hall–Kier alpha value is -0.0400. The summed E-state index contributed by atoms with van der Waals surface area (Å²) in [6, 6.07) is 0. The largest absolute Gasteiger partial charge is 0.325 e. The van der Waals surface area contributed by atoms with Gasteiger partial charge in [0, 0.05) is 5.54 Å². The molecule has 1 nitrogen and oxygen atoms in total. The van der Waals surface area contributed by atoms with Crippen LogP contribution in [0.1, 0.15) is 78.6 Å². The lowest BCUT2D eigenvalue weighted by Crippen LogP contribution is -2.52. The Morgan fingerprint density at radius 2 is 1.79 bits per heavy atom. The first kappa shape index (κ1) is 13.9. The van der Waals surface area contributed by atoms with Gasteiger partial charge in [0.1, 0.15) is 0 Å². The van der Waals surface area contributed by atoms with Gasteiger partial charge in [-0.3, -0.25) is 0 Å². The number of rotatable bonds is 1. The van der Waals surface area contributed by atoms with Crippen molar-refractivity contribution in [3.8, 4) is 0 Å². The summed E-state index contributed by atoms with van der Waals surface area (Å²) in [5, 5.41) is 0. The van der Waals surface area contributed by atoms with E-state index >= 15 is 0 Å². The van der Waals surface area contributed by atoms with Crippen LogP contribution in [0.4, 0.5) is 0 Å². The van der Waals surface area contributed by atoms with Crippen LogP contribution < -0.4 is 5.73 Å². The Morgan fingerprint density at radius 3 is 2.53 bits per heavy atom. The molecule has 0 spiro atoms. The molecule has 19 heavy (non-hydrogen) atoms. The van der Waals surface area contributed by atoms with Crippen LogP contribution in [0.15, 0.2) is 0 Å². The summed E-state index contributed by atoms with van der Waals surface area (Å²) in [5.74, 6) is 4.01. The summed E-state index contributed by atoms with van der Waals surface area (Å²) in [5.41, 5.74) is 7.37. The van der Waals surface area contributed by atoms with Gasteiger partial charge >= 0.3 is 0 Å². The zero-order chi connectivity index (χ0) is 13.7. The molecule has 3 aliphatic rings. The van der Waals surface area contributed by atoms with Crippen LogP contribution in [-0.4, -0.2) is 5.54 Å². The van der Waals surface area contributed by atoms with E-state index in [9.17, 15) is 0 Å². The van der Waals surface area contributed by atoms with E-state index in [1.165, 1.54) is 57.8 Å². The van der Waals surface area contributed by atoms with Crippen molar-refractivity contribution in [2.45, 2.75) is 84.1 Å². The summed E-state index contributed by atoms with van der Waals surface area (Å²) in [7, 11) is 0. The molecule has 0 radical (unpaired) electrons. The third-order valence-corrected chi connectivity index (χ3v) is 7.23. The molecule has 0 aliphatic heterocycles. The zero-order valence-corrected chi connectivity index (χ0v) is 13.3. The quantitative estimate of drug-likeness (QED) is 0.726. The maximum absolute atomic E-state index is 6.59. The van der Waals surface area contributed by atoms with Crippen LogP contribution in [0.3, 0.4) is 0 Å². The Morgan fingerprint density at radius 1 is 1.00 bits per heavy atom. The molecule has 3 aliphatic carbocycles. The van der Waals surface area contributed by atoms with E-state index in [1.807, 2.05) is 0 Å². The van der Waals surface area contributed by atoms with Gasteiger partial charge in [0.15, 0.2) is 0 Å². The maximum Gasteiger partial charge on any atom is 0.0154 e. The number of nitrogens with two attached hydrogens (primary N) is 1. The second-order valence-corrected chi connectivity index (χ2v) is 8.61. The summed E-state index contributed by atoms with van der Waals surface area (Å²) < 4.78 is 0. The van der Waals surface area contributed by atoms with Crippen molar-refractivity contribution >= 4 is 0 Å². The predicted molar refractivity (Wildman–Crippen MR) is 81.9 cm³/mol. The molecule has 0 aromatic heterocycles. The van der Waals surface area contributed by atoms with Crippen molar-refractivity contribution < 1.29 is 0 Å². The lowest BCUT2D eigenvalue weighted by atomic mass is 9.50. The van der Waals surface area contributed by atoms with Gasteiger partial charge in [-0.1, -0.05) is 27.2 Å². The fourth-order valence-corrected chi connectivity index (χ4v) is 5.94. The van der Waals surface area contributed by atoms with Gasteiger partial charge in [-0.25, -0.2) is 0 Å². The van der Waals surface area contributed by atoms with E-state index in [0.717, 1.165) is 23.7 Å². The number of hydrogen-bond donors (Lipinski definition) is 1. The third-order valence-electron chi connectivity index (χ3n) is 7.23. The van der Waals surface area contributed by atoms with Gasteiger partial charge < -0.3 is 5.73 Å². The van der Waals surface area contributed by atoms with E-state index < -0.39 is 0 Å². The SMILES string of the molecule is CC[C@@]1(N)CCC2C(CC[C@H]3C2CCCC3(C)C)C1. The Bertz CT molecular complexity index is 335. The summed E-state index contributed by atoms with van der Waals surface area (Å²) in [6.45, 7) is 7.36. The number of fused-ring (bicyclic) bond motifs is 3. The number of hydrogen-bond acceptors (Lipinski definition) is 1. The lowest BCUT2D eigenvalue weighted by molar-refractivity contribution is -0.0507. The van der Waals surface area contributed by atoms with Crippen molar-refractivity contribution in [2.75, 3.05) is 0 Å². The fourth-order valence-electron chi connectivity index (χ4n) is 5.94. The molecule has 0 amide bonds. The highest BCUT2D eigenvalue weighted by atomic mass is 14.8. The van der Waals surface area contributed by atoms with Crippen LogP contribution in [0.5, 0.6) is 0 Å². The van der Waals surface area contributed by atoms with Crippen LogP contribution >= 0.6 is 0 Å². The predicted octanol–water partition coefficient (Wildman–Crippen LogP) is 4.75. The molecule has 3 fully saturated rings. The topological polar surface area (TPSA) is 26.0 Å². The van der Waals surface area contributed by atoms with Crippen molar-refractivity contribution in [2.24, 2.45) is 34.8 Å². The Balaban J connectivity index is 1.76. The average Bonchev–Trinajstić information content (AvgIpc) is 2.37. The van der Waals surface area contributed by atoms with Gasteiger partial charge in [0.2, 0.25) is 0 Å². The standard InChI is InChI=1S/C18H33N/c1-4-18(19)11-9-14-13(12-18)7-8-16-15(14)6-5-10-17(16,2)3/h13-16H,4-12,19H2,1-3H3/t13?,14?,15?,16-,18+/m0/s1. The maximum atomic E-state index is 6.59. The van der Waals surface area contributed by atoms with Crippen molar-refractivity contribution in [3.05, 3.63) is 0 Å². The van der Waals surface area contributed by atoms with Gasteiger partial charge in [0.05, 0.1) is 0 Å². The van der Waals surface area contributed by atoms with E-state index in [1.54, 1.807) is 0 Å². The van der Waals surface area contributed by atoms with Gasteiger partial charge in [-0.15, -0.1) is 0 Å². The molecule has 1 heteroatoms. The van der Waals surface area contributed by atoms with E-state index in [0.29, 0.717) is 5.41 Å². The van der Waals surface area contributed by atoms with Crippen LogP contribution in [-0.2, 0) is 0 Å². The molecular weight excluding hydrogens is 230 g/mol. The third kappa shape index (κ3) is 2.37. The Kier molecular flexibility index (Phi) is 3.48. The lowest BCUT2D eigenvalue weighted by Gasteiger charge is -2.56. The molecule has 5 atom stereocenters. The molecule has 3 rings (SSSR count). The molecule has 3 unspecified atom stereocenters. The minimum atomic E-state index is 0.179. The molecule has 2 N–H and O–H groups in total. The van der Waals surface area contributed by atoms with E-state index in [2.05, 4.69) is 20.8 Å². The molecule has 0 bridgehead atoms. The summed E-state index contributed by atoms with van der Waals surface area (Å²) >= 11 is 0. The molecule has 3 saturated carbocycles. The molecule has 0 aromatic rings. The Labute approximate surface area is 119 Å². The second-order valence-electron chi connectivity index (χ2n) is 8.61. The van der Waals surface area contributed by atoms with Gasteiger partial charge in [0.25, 0.3) is 0 Å². The minimum absolute atomic E-state index is 0.179. The van der Waals surface area contributed by atoms with E-state index in [-0.39, 0.29) is 5.54 Å². The van der Waals surface area contributed by atoms with Gasteiger partial charge in [-0.2, -0.15) is 0 Å². The first-order valence-corrected chi connectivity index (χ1v) is 8.74. The molecule has 0 heterocycles. The van der Waals surface area contributed by atoms with Crippen molar-refractivity contribution in [1.29, 1.82) is 0 Å². The molecule has 110 valence electrons. The smallest absolute Gasteiger partial charge is 0.0154 e. The van der Waals surface area contributed by atoms with E-state index in [4.69, 9.17) is 5.73 Å². The average molecular weight is 263 g/mol. The first-order chi connectivity index (χ1) is 8.95. The van der Waals surface area contributed by atoms with Crippen LogP contribution in [0.25, 0.3) is 0 Å². The van der Waals surface area contributed by atoms with Crippen molar-refractivity contribution in [3.63, 3.8) is 0 Å². The minimum Gasteiger partial charge on any atom is -0.325 e. The zero-order valence-electron chi connectivity index (χ0n) is 13.3. The van der Waals surface area contributed by atoms with Crippen molar-refractivity contribution in [1.82, 2.24) is 0 Å². The second kappa shape index (κ2) is 4.76.